The maximum Gasteiger partial charge on any atom is 0.164 e. The van der Waals surface area contributed by atoms with Gasteiger partial charge in [-0.3, -0.25) is 0 Å². The molecule has 0 aliphatic carbocycles. The van der Waals surface area contributed by atoms with E-state index in [2.05, 4.69) is 146 Å². The molecule has 3 heteroatoms. The molecule has 1 aromatic heterocycles. The Bertz CT molecular complexity index is 2610. The average molecular weight is 612 g/mol. The van der Waals surface area contributed by atoms with Crippen LogP contribution in [-0.4, -0.2) is 15.0 Å². The Labute approximate surface area is 278 Å². The number of hydrogen-bond acceptors (Lipinski definition) is 3. The average Bonchev–Trinajstić information content (AvgIpc) is 3.17. The van der Waals surface area contributed by atoms with E-state index in [1.807, 2.05) is 30.3 Å². The van der Waals surface area contributed by atoms with Gasteiger partial charge in [0.1, 0.15) is 0 Å². The molecule has 0 unspecified atom stereocenters. The first-order chi connectivity index (χ1) is 23.7. The first-order valence-electron chi connectivity index (χ1n) is 16.2. The van der Waals surface area contributed by atoms with E-state index in [0.29, 0.717) is 17.5 Å². The van der Waals surface area contributed by atoms with Gasteiger partial charge < -0.3 is 0 Å². The Hall–Kier alpha value is -6.45. The van der Waals surface area contributed by atoms with Crippen molar-refractivity contribution in [3.05, 3.63) is 176 Å². The Kier molecular flexibility index (Phi) is 6.80. The van der Waals surface area contributed by atoms with Crippen LogP contribution in [0.4, 0.5) is 0 Å². The highest BCUT2D eigenvalue weighted by Crippen LogP contribution is 2.32. The van der Waals surface area contributed by atoms with Crippen LogP contribution in [-0.2, 0) is 0 Å². The van der Waals surface area contributed by atoms with Gasteiger partial charge in [-0.05, 0) is 72.8 Å². The molecule has 0 aliphatic heterocycles. The fraction of sp³-hybridized carbons (Fsp3) is 0. The molecule has 0 aliphatic rings. The molecule has 0 N–H and O–H groups in total. The van der Waals surface area contributed by atoms with Crippen molar-refractivity contribution < 1.29 is 0 Å². The van der Waals surface area contributed by atoms with Crippen LogP contribution in [0, 0.1) is 0 Å². The van der Waals surface area contributed by atoms with Crippen LogP contribution >= 0.6 is 0 Å². The van der Waals surface area contributed by atoms with Crippen LogP contribution in [0.2, 0.25) is 0 Å². The Balaban J connectivity index is 1.10. The molecule has 0 atom stereocenters. The third kappa shape index (κ3) is 5.18. The number of rotatable bonds is 5. The number of hydrogen-bond donors (Lipinski definition) is 0. The van der Waals surface area contributed by atoms with Crippen molar-refractivity contribution in [1.82, 2.24) is 15.0 Å². The molecule has 48 heavy (non-hydrogen) atoms. The van der Waals surface area contributed by atoms with Gasteiger partial charge in [0.15, 0.2) is 17.5 Å². The summed E-state index contributed by atoms with van der Waals surface area (Å²) in [7, 11) is 0. The Morgan fingerprint density at radius 1 is 0.229 bits per heavy atom. The van der Waals surface area contributed by atoms with E-state index in [9.17, 15) is 0 Å². The van der Waals surface area contributed by atoms with Crippen molar-refractivity contribution in [3.8, 4) is 56.4 Å². The third-order valence-electron chi connectivity index (χ3n) is 9.09. The lowest BCUT2D eigenvalue weighted by Gasteiger charge is -2.11. The molecule has 224 valence electrons. The van der Waals surface area contributed by atoms with Crippen molar-refractivity contribution in [2.75, 3.05) is 0 Å². The molecule has 0 radical (unpaired) electrons. The van der Waals surface area contributed by atoms with Crippen molar-refractivity contribution in [2.24, 2.45) is 0 Å². The first kappa shape index (κ1) is 27.8. The minimum atomic E-state index is 0.645. The molecule has 1 heterocycles. The van der Waals surface area contributed by atoms with Crippen LogP contribution < -0.4 is 0 Å². The van der Waals surface area contributed by atoms with Crippen LogP contribution in [0.3, 0.4) is 0 Å². The van der Waals surface area contributed by atoms with Gasteiger partial charge in [0, 0.05) is 16.7 Å². The molecule has 0 saturated heterocycles. The van der Waals surface area contributed by atoms with E-state index in [0.717, 1.165) is 33.4 Å². The number of aromatic nitrogens is 3. The maximum atomic E-state index is 5.03. The zero-order chi connectivity index (χ0) is 31.9. The highest BCUT2D eigenvalue weighted by molar-refractivity contribution is 6.08. The molecule has 3 nitrogen and oxygen atoms in total. The second kappa shape index (κ2) is 11.7. The fourth-order valence-electron chi connectivity index (χ4n) is 6.56. The minimum Gasteiger partial charge on any atom is -0.208 e. The molecule has 8 aromatic carbocycles. The second-order valence-electron chi connectivity index (χ2n) is 12.1. The van der Waals surface area contributed by atoms with Gasteiger partial charge in [-0.15, -0.1) is 0 Å². The molecule has 0 fully saturated rings. The lowest BCUT2D eigenvalue weighted by molar-refractivity contribution is 1.07. The highest BCUT2D eigenvalue weighted by Gasteiger charge is 2.14. The summed E-state index contributed by atoms with van der Waals surface area (Å²) < 4.78 is 0. The molecule has 0 spiro atoms. The van der Waals surface area contributed by atoms with Gasteiger partial charge in [-0.25, -0.2) is 15.0 Å². The minimum absolute atomic E-state index is 0.645. The van der Waals surface area contributed by atoms with E-state index in [-0.39, 0.29) is 0 Å². The number of benzene rings is 8. The van der Waals surface area contributed by atoms with Crippen molar-refractivity contribution >= 4 is 32.3 Å². The largest absolute Gasteiger partial charge is 0.208 e. The van der Waals surface area contributed by atoms with Crippen molar-refractivity contribution in [2.45, 2.75) is 0 Å². The smallest absolute Gasteiger partial charge is 0.164 e. The topological polar surface area (TPSA) is 38.7 Å². The summed E-state index contributed by atoms with van der Waals surface area (Å²) in [5.41, 5.74) is 7.44. The van der Waals surface area contributed by atoms with E-state index >= 15 is 0 Å². The van der Waals surface area contributed by atoms with Gasteiger partial charge >= 0.3 is 0 Å². The zero-order valence-corrected chi connectivity index (χ0v) is 26.1. The van der Waals surface area contributed by atoms with Crippen LogP contribution in [0.25, 0.3) is 88.7 Å². The zero-order valence-electron chi connectivity index (χ0n) is 26.1. The fourth-order valence-corrected chi connectivity index (χ4v) is 6.56. The summed E-state index contributed by atoms with van der Waals surface area (Å²) in [6.07, 6.45) is 0. The summed E-state index contributed by atoms with van der Waals surface area (Å²) in [5, 5.41) is 7.48. The lowest BCUT2D eigenvalue weighted by Crippen LogP contribution is -2.00. The van der Waals surface area contributed by atoms with E-state index in [1.54, 1.807) is 0 Å². The molecular weight excluding hydrogens is 583 g/mol. The Morgan fingerprint density at radius 2 is 0.688 bits per heavy atom. The van der Waals surface area contributed by atoms with E-state index in [4.69, 9.17) is 15.0 Å². The predicted octanol–water partition coefficient (Wildman–Crippen LogP) is 11.7. The quantitative estimate of drug-likeness (QED) is 0.182. The number of nitrogens with zero attached hydrogens (tertiary/aromatic N) is 3. The third-order valence-corrected chi connectivity index (χ3v) is 9.09. The van der Waals surface area contributed by atoms with Crippen LogP contribution in [0.1, 0.15) is 0 Å². The summed E-state index contributed by atoms with van der Waals surface area (Å²) >= 11 is 0. The van der Waals surface area contributed by atoms with Gasteiger partial charge in [-0.1, -0.05) is 158 Å². The maximum absolute atomic E-state index is 5.03. The van der Waals surface area contributed by atoms with Gasteiger partial charge in [0.25, 0.3) is 0 Å². The van der Waals surface area contributed by atoms with E-state index in [1.165, 1.54) is 37.9 Å². The molecular formula is C45H29N3. The van der Waals surface area contributed by atoms with Crippen LogP contribution in [0.5, 0.6) is 0 Å². The second-order valence-corrected chi connectivity index (χ2v) is 12.1. The number of fused-ring (bicyclic) bond motifs is 4. The first-order valence-corrected chi connectivity index (χ1v) is 16.2. The lowest BCUT2D eigenvalue weighted by atomic mass is 9.97. The monoisotopic (exact) mass is 611 g/mol. The highest BCUT2D eigenvalue weighted by atomic mass is 15.0. The predicted molar refractivity (Wildman–Crippen MR) is 200 cm³/mol. The standard InChI is InChI=1S/C45H29N3/c1-2-11-33(12-3-1)43-46-44(48-45(47-43)40-15-8-14-36(29-40)38-23-19-30-9-4-5-13-35(30)27-38)34-21-17-31(18-22-34)37-25-26-42-39(28-37)24-20-32-10-6-7-16-41(32)42/h1-29H. The summed E-state index contributed by atoms with van der Waals surface area (Å²) in [4.78, 5) is 15.0. The Morgan fingerprint density at radius 3 is 1.50 bits per heavy atom. The summed E-state index contributed by atoms with van der Waals surface area (Å²) in [6, 6.07) is 61.8. The molecule has 0 bridgehead atoms. The van der Waals surface area contributed by atoms with Gasteiger partial charge in [-0.2, -0.15) is 0 Å². The van der Waals surface area contributed by atoms with Gasteiger partial charge in [0.05, 0.1) is 0 Å². The molecule has 9 aromatic rings. The summed E-state index contributed by atoms with van der Waals surface area (Å²) in [6.45, 7) is 0. The molecule has 0 saturated carbocycles. The van der Waals surface area contributed by atoms with E-state index < -0.39 is 0 Å². The summed E-state index contributed by atoms with van der Waals surface area (Å²) in [5.74, 6) is 1.94. The van der Waals surface area contributed by atoms with Crippen molar-refractivity contribution in [3.63, 3.8) is 0 Å². The SMILES string of the molecule is c1ccc(-c2nc(-c3ccc(-c4ccc5c(ccc6ccccc65)c4)cc3)nc(-c3cccc(-c4ccc5ccccc5c4)c3)n2)cc1. The van der Waals surface area contributed by atoms with Crippen LogP contribution in [0.15, 0.2) is 176 Å². The van der Waals surface area contributed by atoms with Gasteiger partial charge in [0.2, 0.25) is 0 Å². The molecule has 9 rings (SSSR count). The normalized spacial score (nSPS) is 11.3. The van der Waals surface area contributed by atoms with Crippen molar-refractivity contribution in [1.29, 1.82) is 0 Å². The molecule has 0 amide bonds.